The van der Waals surface area contributed by atoms with Gasteiger partial charge in [0.05, 0.1) is 29.7 Å². The first-order chi connectivity index (χ1) is 9.52. The van der Waals surface area contributed by atoms with Gasteiger partial charge in [-0.1, -0.05) is 6.07 Å². The second kappa shape index (κ2) is 5.83. The number of rotatable bonds is 4. The Morgan fingerprint density at radius 1 is 1.35 bits per heavy atom. The Morgan fingerprint density at radius 2 is 2.10 bits per heavy atom. The number of carbonyl (C=O) groups is 1. The van der Waals surface area contributed by atoms with Gasteiger partial charge in [0.1, 0.15) is 5.75 Å². The molecule has 0 saturated heterocycles. The summed E-state index contributed by atoms with van der Waals surface area (Å²) in [6.45, 7) is 0. The van der Waals surface area contributed by atoms with E-state index in [0.29, 0.717) is 22.8 Å². The van der Waals surface area contributed by atoms with Gasteiger partial charge in [-0.05, 0) is 40.2 Å². The Labute approximate surface area is 124 Å². The van der Waals surface area contributed by atoms with Crippen LogP contribution in [0.1, 0.15) is 10.4 Å². The Bertz CT molecular complexity index is 659. The van der Waals surface area contributed by atoms with Gasteiger partial charge in [-0.25, -0.2) is 4.79 Å². The minimum absolute atomic E-state index is 0.111. The average Bonchev–Trinajstić information content (AvgIpc) is 2.43. The first-order valence-electron chi connectivity index (χ1n) is 5.75. The van der Waals surface area contributed by atoms with Crippen LogP contribution in [0.15, 0.2) is 40.9 Å². The molecule has 0 amide bonds. The van der Waals surface area contributed by atoms with Crippen LogP contribution in [-0.4, -0.2) is 18.2 Å². The predicted octanol–water partition coefficient (Wildman–Crippen LogP) is 3.48. The maximum atomic E-state index is 11.2. The van der Waals surface area contributed by atoms with Crippen LogP contribution in [0.3, 0.4) is 0 Å². The highest BCUT2D eigenvalue weighted by molar-refractivity contribution is 9.10. The van der Waals surface area contributed by atoms with Crippen LogP contribution in [0.4, 0.5) is 17.1 Å². The first-order valence-corrected chi connectivity index (χ1v) is 6.54. The molecule has 0 aliphatic carbocycles. The van der Waals surface area contributed by atoms with Gasteiger partial charge in [0.25, 0.3) is 0 Å². The molecule has 20 heavy (non-hydrogen) atoms. The van der Waals surface area contributed by atoms with E-state index in [1.165, 1.54) is 6.07 Å². The lowest BCUT2D eigenvalue weighted by atomic mass is 10.1. The van der Waals surface area contributed by atoms with Gasteiger partial charge in [0.15, 0.2) is 0 Å². The van der Waals surface area contributed by atoms with Crippen molar-refractivity contribution in [3.05, 3.63) is 46.4 Å². The van der Waals surface area contributed by atoms with Crippen molar-refractivity contribution in [2.75, 3.05) is 18.2 Å². The molecular formula is C14H13BrN2O3. The molecule has 0 aromatic heterocycles. The topological polar surface area (TPSA) is 84.6 Å². The molecule has 0 bridgehead atoms. The fourth-order valence-electron chi connectivity index (χ4n) is 1.75. The number of nitrogens with two attached hydrogens (primary N) is 1. The van der Waals surface area contributed by atoms with E-state index >= 15 is 0 Å². The molecule has 4 N–H and O–H groups in total. The zero-order chi connectivity index (χ0) is 14.7. The van der Waals surface area contributed by atoms with E-state index in [9.17, 15) is 9.90 Å². The van der Waals surface area contributed by atoms with Crippen molar-refractivity contribution in [2.45, 2.75) is 0 Å². The molecule has 0 unspecified atom stereocenters. The molecule has 0 saturated carbocycles. The molecule has 2 rings (SSSR count). The minimum Gasteiger partial charge on any atom is -0.497 e. The number of carboxylic acids is 1. The van der Waals surface area contributed by atoms with E-state index in [2.05, 4.69) is 21.2 Å². The van der Waals surface area contributed by atoms with Crippen molar-refractivity contribution < 1.29 is 14.6 Å². The number of hydrogen-bond donors (Lipinski definition) is 3. The van der Waals surface area contributed by atoms with Crippen molar-refractivity contribution >= 4 is 39.0 Å². The molecule has 0 aliphatic rings. The van der Waals surface area contributed by atoms with E-state index in [1.54, 1.807) is 37.4 Å². The molecule has 0 fully saturated rings. The highest BCUT2D eigenvalue weighted by atomic mass is 79.9. The number of nitrogens with one attached hydrogen (secondary N) is 1. The fraction of sp³-hybridized carbons (Fsp3) is 0.0714. The number of benzene rings is 2. The lowest BCUT2D eigenvalue weighted by Crippen LogP contribution is -2.06. The lowest BCUT2D eigenvalue weighted by molar-refractivity contribution is 0.0698. The summed E-state index contributed by atoms with van der Waals surface area (Å²) in [7, 11) is 1.56. The van der Waals surface area contributed by atoms with Crippen LogP contribution >= 0.6 is 15.9 Å². The smallest absolute Gasteiger partial charge is 0.337 e. The molecule has 0 heterocycles. The molecule has 6 heteroatoms. The summed E-state index contributed by atoms with van der Waals surface area (Å²) >= 11 is 3.40. The maximum Gasteiger partial charge on any atom is 0.337 e. The van der Waals surface area contributed by atoms with Crippen LogP contribution in [0.25, 0.3) is 0 Å². The summed E-state index contributed by atoms with van der Waals surface area (Å²) in [5.74, 6) is -0.388. The Hall–Kier alpha value is -2.21. The number of aromatic carboxylic acids is 1. The summed E-state index contributed by atoms with van der Waals surface area (Å²) in [5, 5.41) is 12.2. The molecule has 5 nitrogen and oxygen atoms in total. The van der Waals surface area contributed by atoms with Crippen molar-refractivity contribution in [3.63, 3.8) is 0 Å². The highest BCUT2D eigenvalue weighted by Crippen LogP contribution is 2.33. The number of para-hydroxylation sites is 1. The Kier molecular flexibility index (Phi) is 4.14. The van der Waals surface area contributed by atoms with Gasteiger partial charge in [-0.3, -0.25) is 0 Å². The molecule has 2 aromatic rings. The molecule has 0 spiro atoms. The molecule has 0 aliphatic heterocycles. The SMILES string of the molecule is COc1ccc(Br)c(Nc2c(N)cccc2C(=O)O)c1. The molecular weight excluding hydrogens is 324 g/mol. The predicted molar refractivity (Wildman–Crippen MR) is 81.8 cm³/mol. The standard InChI is InChI=1S/C14H13BrN2O3/c1-20-8-5-6-10(15)12(7-8)17-13-9(14(18)19)3-2-4-11(13)16/h2-7,17H,16H2,1H3,(H,18,19). The number of anilines is 3. The number of methoxy groups -OCH3 is 1. The van der Waals surface area contributed by atoms with Crippen molar-refractivity contribution in [1.29, 1.82) is 0 Å². The monoisotopic (exact) mass is 336 g/mol. The van der Waals surface area contributed by atoms with Crippen LogP contribution < -0.4 is 15.8 Å². The summed E-state index contributed by atoms with van der Waals surface area (Å²) in [6, 6.07) is 10.1. The van der Waals surface area contributed by atoms with Gasteiger partial charge in [-0.2, -0.15) is 0 Å². The van der Waals surface area contributed by atoms with E-state index < -0.39 is 5.97 Å². The van der Waals surface area contributed by atoms with Crippen LogP contribution in [0.5, 0.6) is 5.75 Å². The van der Waals surface area contributed by atoms with Gasteiger partial charge in [-0.15, -0.1) is 0 Å². The summed E-state index contributed by atoms with van der Waals surface area (Å²) in [4.78, 5) is 11.2. The van der Waals surface area contributed by atoms with E-state index in [0.717, 1.165) is 4.47 Å². The highest BCUT2D eigenvalue weighted by Gasteiger charge is 2.14. The maximum absolute atomic E-state index is 11.2. The molecule has 0 radical (unpaired) electrons. The zero-order valence-electron chi connectivity index (χ0n) is 10.7. The van der Waals surface area contributed by atoms with E-state index in [-0.39, 0.29) is 5.56 Å². The van der Waals surface area contributed by atoms with E-state index in [1.807, 2.05) is 0 Å². The number of carboxylic acid groups (broad SMARTS) is 1. The fourth-order valence-corrected chi connectivity index (χ4v) is 2.10. The lowest BCUT2D eigenvalue weighted by Gasteiger charge is -2.14. The molecule has 0 atom stereocenters. The molecule has 2 aromatic carbocycles. The summed E-state index contributed by atoms with van der Waals surface area (Å²) in [5.41, 5.74) is 7.35. The molecule has 104 valence electrons. The number of nitrogen functional groups attached to an aromatic ring is 1. The Morgan fingerprint density at radius 3 is 2.75 bits per heavy atom. The quantitative estimate of drug-likeness (QED) is 0.744. The zero-order valence-corrected chi connectivity index (χ0v) is 12.3. The second-order valence-corrected chi connectivity index (χ2v) is 4.90. The largest absolute Gasteiger partial charge is 0.497 e. The minimum atomic E-state index is -1.04. The van der Waals surface area contributed by atoms with Crippen LogP contribution in [0, 0.1) is 0 Å². The summed E-state index contributed by atoms with van der Waals surface area (Å²) in [6.07, 6.45) is 0. The van der Waals surface area contributed by atoms with Crippen molar-refractivity contribution in [1.82, 2.24) is 0 Å². The van der Waals surface area contributed by atoms with Crippen LogP contribution in [-0.2, 0) is 0 Å². The Balaban J connectivity index is 2.47. The average molecular weight is 337 g/mol. The number of ether oxygens (including phenoxy) is 1. The first kappa shape index (κ1) is 14.2. The van der Waals surface area contributed by atoms with Crippen LogP contribution in [0.2, 0.25) is 0 Å². The third-order valence-corrected chi connectivity index (χ3v) is 3.45. The summed E-state index contributed by atoms with van der Waals surface area (Å²) < 4.78 is 5.92. The van der Waals surface area contributed by atoms with Gasteiger partial charge >= 0.3 is 5.97 Å². The van der Waals surface area contributed by atoms with E-state index in [4.69, 9.17) is 10.5 Å². The third kappa shape index (κ3) is 2.85. The van der Waals surface area contributed by atoms with Crippen molar-refractivity contribution in [3.8, 4) is 5.75 Å². The normalized spacial score (nSPS) is 10.1. The number of hydrogen-bond acceptors (Lipinski definition) is 4. The van der Waals surface area contributed by atoms with Gasteiger partial charge < -0.3 is 20.9 Å². The van der Waals surface area contributed by atoms with Crippen molar-refractivity contribution in [2.24, 2.45) is 0 Å². The third-order valence-electron chi connectivity index (χ3n) is 2.76. The number of halogens is 1. The van der Waals surface area contributed by atoms with Gasteiger partial charge in [0, 0.05) is 10.5 Å². The van der Waals surface area contributed by atoms with Gasteiger partial charge in [0.2, 0.25) is 0 Å². The second-order valence-electron chi connectivity index (χ2n) is 4.05.